The van der Waals surface area contributed by atoms with Crippen LogP contribution in [0.5, 0.6) is 5.75 Å². The van der Waals surface area contributed by atoms with Crippen LogP contribution in [-0.2, 0) is 9.47 Å². The van der Waals surface area contributed by atoms with E-state index < -0.39 is 23.0 Å². The van der Waals surface area contributed by atoms with Crippen LogP contribution < -0.4 is 4.74 Å². The summed E-state index contributed by atoms with van der Waals surface area (Å²) in [6.07, 6.45) is 2.87. The van der Waals surface area contributed by atoms with Crippen LogP contribution in [0.4, 0.5) is 9.18 Å². The fourth-order valence-electron chi connectivity index (χ4n) is 3.58. The van der Waals surface area contributed by atoms with E-state index in [1.165, 1.54) is 6.07 Å². The molecule has 0 N–H and O–H groups in total. The number of rotatable bonds is 4. The van der Waals surface area contributed by atoms with E-state index in [-0.39, 0.29) is 23.7 Å². The van der Waals surface area contributed by atoms with Crippen molar-refractivity contribution < 1.29 is 28.2 Å². The average molecular weight is 436 g/mol. The number of amides is 1. The highest BCUT2D eigenvalue weighted by molar-refractivity contribution is 5.90. The molecule has 0 aromatic heterocycles. The van der Waals surface area contributed by atoms with E-state index in [4.69, 9.17) is 14.2 Å². The molecule has 1 saturated heterocycles. The summed E-state index contributed by atoms with van der Waals surface area (Å²) in [5, 5.41) is 0. The first-order chi connectivity index (χ1) is 14.3. The van der Waals surface area contributed by atoms with E-state index in [0.717, 1.165) is 31.2 Å². The molecule has 0 spiro atoms. The Morgan fingerprint density at radius 3 is 2.23 bits per heavy atom. The van der Waals surface area contributed by atoms with Gasteiger partial charge in [0.2, 0.25) is 0 Å². The highest BCUT2D eigenvalue weighted by Gasteiger charge is 2.33. The molecule has 1 aromatic carbocycles. The van der Waals surface area contributed by atoms with Gasteiger partial charge in [-0.3, -0.25) is 0 Å². The largest absolute Gasteiger partial charge is 0.488 e. The summed E-state index contributed by atoms with van der Waals surface area (Å²) in [4.78, 5) is 26.5. The second kappa shape index (κ2) is 8.67. The van der Waals surface area contributed by atoms with E-state index in [1.807, 2.05) is 20.8 Å². The molecule has 1 aliphatic heterocycles. The normalized spacial score (nSPS) is 19.7. The maximum atomic E-state index is 14.8. The minimum atomic E-state index is -0.703. The van der Waals surface area contributed by atoms with E-state index in [1.54, 1.807) is 31.7 Å². The van der Waals surface area contributed by atoms with E-state index >= 15 is 0 Å². The van der Waals surface area contributed by atoms with Gasteiger partial charge in [-0.1, -0.05) is 0 Å². The summed E-state index contributed by atoms with van der Waals surface area (Å²) < 4.78 is 31.8. The zero-order valence-corrected chi connectivity index (χ0v) is 19.4. The number of hydrogen-bond donors (Lipinski definition) is 0. The molecule has 1 saturated carbocycles. The second-order valence-corrected chi connectivity index (χ2v) is 10.5. The third kappa shape index (κ3) is 6.58. The molecule has 2 fully saturated rings. The predicted octanol–water partition coefficient (Wildman–Crippen LogP) is 5.44. The Kier molecular flexibility index (Phi) is 6.53. The Morgan fingerprint density at radius 2 is 1.65 bits per heavy atom. The number of nitrogens with zero attached hydrogens (tertiary/aromatic N) is 1. The molecule has 0 radical (unpaired) electrons. The van der Waals surface area contributed by atoms with Crippen LogP contribution in [0.3, 0.4) is 0 Å². The molecular weight excluding hydrogens is 401 g/mol. The summed E-state index contributed by atoms with van der Waals surface area (Å²) in [6, 6.07) is 2.87. The van der Waals surface area contributed by atoms with Gasteiger partial charge in [0.15, 0.2) is 0 Å². The second-order valence-electron chi connectivity index (χ2n) is 10.5. The number of halogens is 1. The highest BCUT2D eigenvalue weighted by atomic mass is 19.1. The smallest absolute Gasteiger partial charge is 0.410 e. The highest BCUT2D eigenvalue weighted by Crippen LogP contribution is 2.45. The Morgan fingerprint density at radius 1 is 1.00 bits per heavy atom. The number of benzene rings is 1. The summed E-state index contributed by atoms with van der Waals surface area (Å²) in [5.41, 5.74) is -0.504. The standard InChI is InChI=1S/C24H34FNO5/c1-23(2,3)30-21(27)18-12-17(15-9-10-15)20(13-19(18)25)29-16-8-7-11-26(14-16)22(28)31-24(4,5)6/h12-13,15-16H,7-11,14H2,1-6H3/t16-/m0/s1. The Bertz CT molecular complexity index is 836. The molecule has 7 heteroatoms. The lowest BCUT2D eigenvalue weighted by molar-refractivity contribution is 0.00541. The van der Waals surface area contributed by atoms with E-state index in [0.29, 0.717) is 18.8 Å². The molecule has 2 aliphatic rings. The van der Waals surface area contributed by atoms with Crippen molar-refractivity contribution in [2.24, 2.45) is 0 Å². The van der Waals surface area contributed by atoms with Gasteiger partial charge in [0.1, 0.15) is 28.9 Å². The molecule has 6 nitrogen and oxygen atoms in total. The van der Waals surface area contributed by atoms with Gasteiger partial charge in [0, 0.05) is 12.6 Å². The lowest BCUT2D eigenvalue weighted by atomic mass is 10.0. The number of carbonyl (C=O) groups is 2. The number of carbonyl (C=O) groups excluding carboxylic acids is 2. The molecule has 1 aliphatic carbocycles. The predicted molar refractivity (Wildman–Crippen MR) is 115 cm³/mol. The lowest BCUT2D eigenvalue weighted by Gasteiger charge is -2.34. The quantitative estimate of drug-likeness (QED) is 0.590. The van der Waals surface area contributed by atoms with Gasteiger partial charge in [-0.05, 0) is 84.8 Å². The topological polar surface area (TPSA) is 65.1 Å². The summed E-state index contributed by atoms with van der Waals surface area (Å²) in [5.74, 6) is -0.633. The van der Waals surface area contributed by atoms with Crippen molar-refractivity contribution in [2.75, 3.05) is 13.1 Å². The molecular formula is C24H34FNO5. The Hall–Kier alpha value is -2.31. The fourth-order valence-corrected chi connectivity index (χ4v) is 3.58. The van der Waals surface area contributed by atoms with Crippen molar-refractivity contribution in [1.82, 2.24) is 4.90 Å². The third-order valence-corrected chi connectivity index (χ3v) is 5.06. The van der Waals surface area contributed by atoms with Crippen LogP contribution in [0.15, 0.2) is 12.1 Å². The minimum Gasteiger partial charge on any atom is -0.488 e. The molecule has 1 heterocycles. The molecule has 0 unspecified atom stereocenters. The lowest BCUT2D eigenvalue weighted by Crippen LogP contribution is -2.46. The van der Waals surface area contributed by atoms with Gasteiger partial charge < -0.3 is 19.1 Å². The molecule has 3 rings (SSSR count). The zero-order valence-electron chi connectivity index (χ0n) is 19.4. The van der Waals surface area contributed by atoms with Gasteiger partial charge >= 0.3 is 12.1 Å². The maximum absolute atomic E-state index is 14.8. The average Bonchev–Trinajstić information content (AvgIpc) is 3.44. The van der Waals surface area contributed by atoms with Crippen LogP contribution in [0.2, 0.25) is 0 Å². The summed E-state index contributed by atoms with van der Waals surface area (Å²) in [6.45, 7) is 11.7. The number of esters is 1. The summed E-state index contributed by atoms with van der Waals surface area (Å²) >= 11 is 0. The molecule has 31 heavy (non-hydrogen) atoms. The van der Waals surface area contributed by atoms with Crippen LogP contribution in [0, 0.1) is 5.82 Å². The van der Waals surface area contributed by atoms with Gasteiger partial charge in [0.05, 0.1) is 12.1 Å². The molecule has 0 bridgehead atoms. The maximum Gasteiger partial charge on any atom is 0.410 e. The molecule has 1 amide bonds. The number of piperidine rings is 1. The summed E-state index contributed by atoms with van der Waals surface area (Å²) in [7, 11) is 0. The van der Waals surface area contributed by atoms with Crippen molar-refractivity contribution in [3.8, 4) is 5.75 Å². The van der Waals surface area contributed by atoms with Crippen molar-refractivity contribution in [3.63, 3.8) is 0 Å². The van der Waals surface area contributed by atoms with Gasteiger partial charge in [-0.25, -0.2) is 14.0 Å². The van der Waals surface area contributed by atoms with Crippen molar-refractivity contribution in [2.45, 2.75) is 90.4 Å². The molecule has 1 aromatic rings. The monoisotopic (exact) mass is 435 g/mol. The first kappa shape index (κ1) is 23.4. The van der Waals surface area contributed by atoms with Gasteiger partial charge in [0.25, 0.3) is 0 Å². The first-order valence-corrected chi connectivity index (χ1v) is 11.0. The SMILES string of the molecule is CC(C)(C)OC(=O)c1cc(C2CC2)c(O[C@H]2CCCN(C(=O)OC(C)(C)C)C2)cc1F. The Balaban J connectivity index is 1.76. The first-order valence-electron chi connectivity index (χ1n) is 11.0. The fraction of sp³-hybridized carbons (Fsp3) is 0.667. The number of hydrogen-bond acceptors (Lipinski definition) is 5. The number of ether oxygens (including phenoxy) is 3. The van der Waals surface area contributed by atoms with Gasteiger partial charge in [-0.15, -0.1) is 0 Å². The minimum absolute atomic E-state index is 0.0665. The van der Waals surface area contributed by atoms with Crippen molar-refractivity contribution >= 4 is 12.1 Å². The zero-order chi connectivity index (χ0) is 23.0. The van der Waals surface area contributed by atoms with Crippen LogP contribution in [0.25, 0.3) is 0 Å². The van der Waals surface area contributed by atoms with Crippen LogP contribution in [-0.4, -0.2) is 47.4 Å². The van der Waals surface area contributed by atoms with Crippen LogP contribution in [0.1, 0.15) is 89.1 Å². The van der Waals surface area contributed by atoms with E-state index in [2.05, 4.69) is 0 Å². The molecule has 172 valence electrons. The van der Waals surface area contributed by atoms with Crippen molar-refractivity contribution in [1.29, 1.82) is 0 Å². The van der Waals surface area contributed by atoms with Crippen LogP contribution >= 0.6 is 0 Å². The Labute approximate surface area is 184 Å². The molecule has 1 atom stereocenters. The third-order valence-electron chi connectivity index (χ3n) is 5.06. The van der Waals surface area contributed by atoms with Gasteiger partial charge in [-0.2, -0.15) is 0 Å². The van der Waals surface area contributed by atoms with E-state index in [9.17, 15) is 14.0 Å². The van der Waals surface area contributed by atoms with Crippen molar-refractivity contribution in [3.05, 3.63) is 29.1 Å². The number of likely N-dealkylation sites (tertiary alicyclic amines) is 1.